The Labute approximate surface area is 126 Å². The first kappa shape index (κ1) is 15.7. The maximum absolute atomic E-state index is 13.0. The number of nitrogens with one attached hydrogen (secondary N) is 1. The Kier molecular flexibility index (Phi) is 4.47. The summed E-state index contributed by atoms with van der Waals surface area (Å²) in [4.78, 5) is 0. The first-order valence-corrected chi connectivity index (χ1v) is 6.85. The van der Waals surface area contributed by atoms with Crippen molar-refractivity contribution < 1.29 is 13.2 Å². The van der Waals surface area contributed by atoms with E-state index in [9.17, 15) is 13.2 Å². The molecule has 2 aromatic carbocycles. The zero-order valence-corrected chi connectivity index (χ0v) is 12.4. The van der Waals surface area contributed by atoms with Crippen molar-refractivity contribution in [2.75, 3.05) is 5.32 Å². The molecule has 0 aliphatic carbocycles. The Morgan fingerprint density at radius 3 is 2.38 bits per heavy atom. The number of aryl methyl sites for hydroxylation is 1. The van der Waals surface area contributed by atoms with E-state index in [4.69, 9.17) is 11.6 Å². The average Bonchev–Trinajstić information content (AvgIpc) is 2.41. The molecule has 0 saturated heterocycles. The lowest BCUT2D eigenvalue weighted by Gasteiger charge is -2.21. The van der Waals surface area contributed by atoms with Crippen LogP contribution in [0.3, 0.4) is 0 Å². The normalized spacial score (nSPS) is 13.0. The van der Waals surface area contributed by atoms with Gasteiger partial charge < -0.3 is 5.32 Å². The standard InChI is InChI=1S/C16H15ClF3N/c1-10-9-12(17)7-8-15(10)21-11(2)13-5-3-4-6-14(13)16(18,19)20/h3-9,11,21H,1-2H3. The van der Waals surface area contributed by atoms with Gasteiger partial charge in [-0.05, 0) is 49.2 Å². The van der Waals surface area contributed by atoms with Crippen molar-refractivity contribution in [3.05, 3.63) is 64.2 Å². The van der Waals surface area contributed by atoms with E-state index >= 15 is 0 Å². The van der Waals surface area contributed by atoms with Crippen LogP contribution in [0.4, 0.5) is 18.9 Å². The van der Waals surface area contributed by atoms with E-state index < -0.39 is 17.8 Å². The molecule has 0 aliphatic heterocycles. The molecule has 0 radical (unpaired) electrons. The summed E-state index contributed by atoms with van der Waals surface area (Å²) in [6.07, 6.45) is -4.36. The van der Waals surface area contributed by atoms with Gasteiger partial charge in [-0.2, -0.15) is 13.2 Å². The van der Waals surface area contributed by atoms with Gasteiger partial charge in [0.15, 0.2) is 0 Å². The van der Waals surface area contributed by atoms with Crippen molar-refractivity contribution in [3.8, 4) is 0 Å². The van der Waals surface area contributed by atoms with Crippen LogP contribution in [-0.4, -0.2) is 0 Å². The van der Waals surface area contributed by atoms with Gasteiger partial charge in [0.1, 0.15) is 0 Å². The molecule has 21 heavy (non-hydrogen) atoms. The molecule has 1 atom stereocenters. The lowest BCUT2D eigenvalue weighted by Crippen LogP contribution is -2.15. The van der Waals surface area contributed by atoms with E-state index in [1.807, 2.05) is 6.92 Å². The van der Waals surface area contributed by atoms with E-state index in [0.717, 1.165) is 17.3 Å². The summed E-state index contributed by atoms with van der Waals surface area (Å²) in [5.41, 5.74) is 1.26. The van der Waals surface area contributed by atoms with Crippen LogP contribution < -0.4 is 5.32 Å². The molecule has 1 nitrogen and oxygen atoms in total. The fraction of sp³-hybridized carbons (Fsp3) is 0.250. The van der Waals surface area contributed by atoms with Crippen LogP contribution in [0.25, 0.3) is 0 Å². The van der Waals surface area contributed by atoms with Crippen LogP contribution in [0.15, 0.2) is 42.5 Å². The zero-order chi connectivity index (χ0) is 15.6. The summed E-state index contributed by atoms with van der Waals surface area (Å²) >= 11 is 5.88. The molecule has 0 heterocycles. The van der Waals surface area contributed by atoms with Gasteiger partial charge in [-0.25, -0.2) is 0 Å². The monoisotopic (exact) mass is 313 g/mol. The van der Waals surface area contributed by atoms with Crippen molar-refractivity contribution in [3.63, 3.8) is 0 Å². The molecule has 0 aromatic heterocycles. The minimum absolute atomic E-state index is 0.222. The molecule has 2 rings (SSSR count). The van der Waals surface area contributed by atoms with E-state index in [2.05, 4.69) is 5.32 Å². The second kappa shape index (κ2) is 5.98. The highest BCUT2D eigenvalue weighted by atomic mass is 35.5. The van der Waals surface area contributed by atoms with Crippen molar-refractivity contribution in [2.24, 2.45) is 0 Å². The third-order valence-electron chi connectivity index (χ3n) is 3.29. The predicted octanol–water partition coefficient (Wildman–Crippen LogP) is 5.84. The van der Waals surface area contributed by atoms with E-state index in [1.165, 1.54) is 12.1 Å². The smallest absolute Gasteiger partial charge is 0.378 e. The third kappa shape index (κ3) is 3.70. The molecular formula is C16H15ClF3N. The van der Waals surface area contributed by atoms with Crippen molar-refractivity contribution >= 4 is 17.3 Å². The van der Waals surface area contributed by atoms with Crippen LogP contribution in [0.5, 0.6) is 0 Å². The Balaban J connectivity index is 2.31. The fourth-order valence-electron chi connectivity index (χ4n) is 2.23. The largest absolute Gasteiger partial charge is 0.416 e. The molecule has 0 fully saturated rings. The summed E-state index contributed by atoms with van der Waals surface area (Å²) in [7, 11) is 0. The SMILES string of the molecule is Cc1cc(Cl)ccc1NC(C)c1ccccc1C(F)(F)F. The van der Waals surface area contributed by atoms with Crippen LogP contribution in [0, 0.1) is 6.92 Å². The summed E-state index contributed by atoms with van der Waals surface area (Å²) in [6, 6.07) is 10.4. The molecule has 0 aliphatic rings. The van der Waals surface area contributed by atoms with Crippen LogP contribution in [0.2, 0.25) is 5.02 Å². The zero-order valence-electron chi connectivity index (χ0n) is 11.6. The lowest BCUT2D eigenvalue weighted by molar-refractivity contribution is -0.138. The van der Waals surface area contributed by atoms with Crippen LogP contribution >= 0.6 is 11.6 Å². The van der Waals surface area contributed by atoms with Crippen molar-refractivity contribution in [1.29, 1.82) is 0 Å². The van der Waals surface area contributed by atoms with E-state index in [0.29, 0.717) is 5.02 Å². The van der Waals surface area contributed by atoms with Crippen LogP contribution in [-0.2, 0) is 6.18 Å². The number of rotatable bonds is 3. The molecule has 2 aromatic rings. The highest BCUT2D eigenvalue weighted by Gasteiger charge is 2.34. The molecule has 0 saturated carbocycles. The molecule has 0 amide bonds. The number of hydrogen-bond donors (Lipinski definition) is 1. The molecule has 1 unspecified atom stereocenters. The number of hydrogen-bond acceptors (Lipinski definition) is 1. The summed E-state index contributed by atoms with van der Waals surface area (Å²) in [5, 5.41) is 3.71. The summed E-state index contributed by atoms with van der Waals surface area (Å²) in [5.74, 6) is 0. The number of benzene rings is 2. The molecule has 1 N–H and O–H groups in total. The molecule has 5 heteroatoms. The minimum atomic E-state index is -4.36. The first-order chi connectivity index (χ1) is 9.79. The van der Waals surface area contributed by atoms with Crippen molar-refractivity contribution in [2.45, 2.75) is 26.1 Å². The third-order valence-corrected chi connectivity index (χ3v) is 3.53. The van der Waals surface area contributed by atoms with E-state index in [1.54, 1.807) is 31.2 Å². The Bertz CT molecular complexity index is 638. The lowest BCUT2D eigenvalue weighted by atomic mass is 10.0. The number of alkyl halides is 3. The van der Waals surface area contributed by atoms with Crippen molar-refractivity contribution in [1.82, 2.24) is 0 Å². The number of halogens is 4. The van der Waals surface area contributed by atoms with Gasteiger partial charge in [0.2, 0.25) is 0 Å². The Hall–Kier alpha value is -1.68. The second-order valence-corrected chi connectivity index (χ2v) is 5.35. The maximum atomic E-state index is 13.0. The predicted molar refractivity (Wildman–Crippen MR) is 79.7 cm³/mol. The number of anilines is 1. The van der Waals surface area contributed by atoms with Gasteiger partial charge in [-0.1, -0.05) is 29.8 Å². The highest BCUT2D eigenvalue weighted by molar-refractivity contribution is 6.30. The van der Waals surface area contributed by atoms with Gasteiger partial charge >= 0.3 is 6.18 Å². The molecule has 112 valence electrons. The average molecular weight is 314 g/mol. The maximum Gasteiger partial charge on any atom is 0.416 e. The molecule has 0 bridgehead atoms. The Morgan fingerprint density at radius 1 is 1.10 bits per heavy atom. The van der Waals surface area contributed by atoms with Gasteiger partial charge in [0.25, 0.3) is 0 Å². The Morgan fingerprint density at radius 2 is 1.76 bits per heavy atom. The summed E-state index contributed by atoms with van der Waals surface area (Å²) in [6.45, 7) is 3.56. The first-order valence-electron chi connectivity index (χ1n) is 6.48. The fourth-order valence-corrected chi connectivity index (χ4v) is 2.46. The second-order valence-electron chi connectivity index (χ2n) is 4.91. The van der Waals surface area contributed by atoms with E-state index in [-0.39, 0.29) is 5.56 Å². The van der Waals surface area contributed by atoms with Gasteiger partial charge in [0.05, 0.1) is 5.56 Å². The summed E-state index contributed by atoms with van der Waals surface area (Å²) < 4.78 is 39.1. The highest BCUT2D eigenvalue weighted by Crippen LogP contribution is 2.35. The van der Waals surface area contributed by atoms with Gasteiger partial charge in [0, 0.05) is 16.8 Å². The van der Waals surface area contributed by atoms with Crippen LogP contribution in [0.1, 0.15) is 29.7 Å². The van der Waals surface area contributed by atoms with Gasteiger partial charge in [-0.15, -0.1) is 0 Å². The quantitative estimate of drug-likeness (QED) is 0.750. The minimum Gasteiger partial charge on any atom is -0.378 e. The topological polar surface area (TPSA) is 12.0 Å². The molecule has 0 spiro atoms. The van der Waals surface area contributed by atoms with Gasteiger partial charge in [-0.3, -0.25) is 0 Å². The molecular weight excluding hydrogens is 299 g/mol.